The van der Waals surface area contributed by atoms with Crippen LogP contribution in [0.1, 0.15) is 42.9 Å². The maximum atomic E-state index is 11.7. The van der Waals surface area contributed by atoms with Gasteiger partial charge in [0.25, 0.3) is 0 Å². The van der Waals surface area contributed by atoms with Gasteiger partial charge >= 0.3 is 0 Å². The molecule has 0 radical (unpaired) electrons. The second-order valence-corrected chi connectivity index (χ2v) is 11.4. The first kappa shape index (κ1) is 23.2. The number of nitrogens with one attached hydrogen (secondary N) is 2. The maximum Gasteiger partial charge on any atom is 0.235 e. The van der Waals surface area contributed by atoms with Crippen LogP contribution in [0.4, 0.5) is 5.82 Å². The summed E-state index contributed by atoms with van der Waals surface area (Å²) in [6.07, 6.45) is 6.60. The van der Waals surface area contributed by atoms with E-state index in [2.05, 4.69) is 37.6 Å². The summed E-state index contributed by atoms with van der Waals surface area (Å²) in [6, 6.07) is 9.59. The summed E-state index contributed by atoms with van der Waals surface area (Å²) in [5.41, 5.74) is 3.93. The lowest BCUT2D eigenvalue weighted by Crippen LogP contribution is -2.50. The number of aromatic nitrogens is 3. The number of piperidine rings is 1. The predicted octanol–water partition coefficient (Wildman–Crippen LogP) is 3.34. The molecule has 3 aromatic heterocycles. The van der Waals surface area contributed by atoms with Crippen molar-refractivity contribution >= 4 is 34.5 Å². The van der Waals surface area contributed by atoms with Crippen molar-refractivity contribution in [2.75, 3.05) is 31.3 Å². The van der Waals surface area contributed by atoms with Gasteiger partial charge in [-0.1, -0.05) is 0 Å². The first-order valence-corrected chi connectivity index (χ1v) is 14.0. The van der Waals surface area contributed by atoms with Crippen molar-refractivity contribution in [2.24, 2.45) is 0 Å². The van der Waals surface area contributed by atoms with Crippen LogP contribution in [0.2, 0.25) is 0 Å². The van der Waals surface area contributed by atoms with Crippen LogP contribution in [0, 0.1) is 0 Å². The number of carbonyl (C=O) groups is 1. The standard InChI is InChI=1S/C27H30N6O3S/c1-35-24-7-5-20-26(32-24)25-15(13-36-21(25)11-29-20)12-33-18-3-4-19(33)9-17(8-18)28-10-16-2-6-22-27(30-16)31-23(34)14-37-22/h2,5-7,11,15,17-19,28H,3-4,8-10,12-14H2,1H3,(H,30,31,34). The number of hydrogen-bond acceptors (Lipinski definition) is 9. The van der Waals surface area contributed by atoms with E-state index < -0.39 is 0 Å². The molecule has 2 N–H and O–H groups in total. The molecule has 3 atom stereocenters. The highest BCUT2D eigenvalue weighted by molar-refractivity contribution is 8.00. The van der Waals surface area contributed by atoms with Crippen molar-refractivity contribution < 1.29 is 14.3 Å². The number of methoxy groups -OCH3 is 1. The van der Waals surface area contributed by atoms with Gasteiger partial charge in [0.1, 0.15) is 17.1 Å². The van der Waals surface area contributed by atoms with Crippen molar-refractivity contribution in [3.63, 3.8) is 0 Å². The number of carbonyl (C=O) groups excluding carboxylic acids is 1. The molecule has 7 heterocycles. The molecule has 2 saturated heterocycles. The van der Waals surface area contributed by atoms with Gasteiger partial charge in [-0.2, -0.15) is 0 Å². The first-order valence-electron chi connectivity index (χ1n) is 13.0. The van der Waals surface area contributed by atoms with Crippen molar-refractivity contribution in [3.05, 3.63) is 41.7 Å². The van der Waals surface area contributed by atoms with Gasteiger partial charge in [-0.3, -0.25) is 14.7 Å². The van der Waals surface area contributed by atoms with Crippen molar-refractivity contribution in [3.8, 4) is 11.6 Å². The van der Waals surface area contributed by atoms with Crippen molar-refractivity contribution in [2.45, 2.75) is 61.2 Å². The second-order valence-electron chi connectivity index (χ2n) is 10.4. The highest BCUT2D eigenvalue weighted by Crippen LogP contribution is 2.42. The number of rotatable bonds is 6. The van der Waals surface area contributed by atoms with E-state index in [4.69, 9.17) is 14.5 Å². The molecule has 0 aromatic carbocycles. The maximum absolute atomic E-state index is 11.7. The molecule has 1 amide bonds. The van der Waals surface area contributed by atoms with Gasteiger partial charge in [0.2, 0.25) is 11.8 Å². The molecule has 37 heavy (non-hydrogen) atoms. The van der Waals surface area contributed by atoms with Crippen LogP contribution in [0.15, 0.2) is 35.4 Å². The Labute approximate surface area is 219 Å². The summed E-state index contributed by atoms with van der Waals surface area (Å²) < 4.78 is 11.5. The van der Waals surface area contributed by atoms with E-state index in [1.165, 1.54) is 18.4 Å². The van der Waals surface area contributed by atoms with Crippen LogP contribution in [-0.4, -0.2) is 69.9 Å². The van der Waals surface area contributed by atoms with E-state index in [9.17, 15) is 4.79 Å². The Morgan fingerprint density at radius 1 is 1.19 bits per heavy atom. The summed E-state index contributed by atoms with van der Waals surface area (Å²) in [5, 5.41) is 6.65. The van der Waals surface area contributed by atoms with Crippen molar-refractivity contribution in [1.82, 2.24) is 25.2 Å². The van der Waals surface area contributed by atoms with Crippen LogP contribution in [-0.2, 0) is 11.3 Å². The number of hydrogen-bond donors (Lipinski definition) is 2. The van der Waals surface area contributed by atoms with E-state index in [0.717, 1.165) is 46.8 Å². The Hall–Kier alpha value is -2.95. The zero-order valence-electron chi connectivity index (χ0n) is 20.8. The number of anilines is 1. The summed E-state index contributed by atoms with van der Waals surface area (Å²) in [5.74, 6) is 2.92. The molecule has 7 rings (SSSR count). The molecule has 2 bridgehead atoms. The summed E-state index contributed by atoms with van der Waals surface area (Å²) >= 11 is 1.55. The molecule has 4 aliphatic heterocycles. The van der Waals surface area contributed by atoms with Gasteiger partial charge in [0, 0.05) is 48.8 Å². The molecule has 3 unspecified atom stereocenters. The minimum Gasteiger partial charge on any atom is -0.491 e. The fraction of sp³-hybridized carbons (Fsp3) is 0.481. The Morgan fingerprint density at radius 3 is 2.89 bits per heavy atom. The summed E-state index contributed by atoms with van der Waals surface area (Å²) in [4.78, 5) is 29.5. The highest BCUT2D eigenvalue weighted by Gasteiger charge is 2.42. The van der Waals surface area contributed by atoms with Crippen LogP contribution >= 0.6 is 11.8 Å². The van der Waals surface area contributed by atoms with Crippen LogP contribution in [0.25, 0.3) is 11.0 Å². The molecule has 192 valence electrons. The third-order valence-corrected chi connectivity index (χ3v) is 9.21. The lowest BCUT2D eigenvalue weighted by Gasteiger charge is -2.40. The molecular formula is C27H30N6O3S. The lowest BCUT2D eigenvalue weighted by atomic mass is 9.93. The Morgan fingerprint density at radius 2 is 2.05 bits per heavy atom. The summed E-state index contributed by atoms with van der Waals surface area (Å²) in [7, 11) is 1.65. The monoisotopic (exact) mass is 518 g/mol. The zero-order chi connectivity index (χ0) is 24.9. The number of fused-ring (bicyclic) bond motifs is 6. The van der Waals surface area contributed by atoms with E-state index in [1.807, 2.05) is 18.3 Å². The molecule has 0 spiro atoms. The van der Waals surface area contributed by atoms with Gasteiger partial charge in [-0.25, -0.2) is 9.97 Å². The highest BCUT2D eigenvalue weighted by atomic mass is 32.2. The topological polar surface area (TPSA) is 102 Å². The molecule has 2 fully saturated rings. The fourth-order valence-electron chi connectivity index (χ4n) is 6.44. The predicted molar refractivity (Wildman–Crippen MR) is 141 cm³/mol. The molecule has 0 saturated carbocycles. The number of thioether (sulfide) groups is 1. The van der Waals surface area contributed by atoms with E-state index in [-0.39, 0.29) is 11.8 Å². The fourth-order valence-corrected chi connectivity index (χ4v) is 7.19. The van der Waals surface area contributed by atoms with Gasteiger partial charge in [-0.05, 0) is 43.9 Å². The van der Waals surface area contributed by atoms with Crippen molar-refractivity contribution in [1.29, 1.82) is 0 Å². The molecular weight excluding hydrogens is 488 g/mol. The Kier molecular flexibility index (Phi) is 5.90. The second kappa shape index (κ2) is 9.41. The van der Waals surface area contributed by atoms with E-state index in [1.54, 1.807) is 18.9 Å². The van der Waals surface area contributed by atoms with Crippen LogP contribution in [0.3, 0.4) is 0 Å². The van der Waals surface area contributed by atoms with Gasteiger partial charge < -0.3 is 20.1 Å². The first-order chi connectivity index (χ1) is 18.1. The third kappa shape index (κ3) is 4.30. The normalized spacial score (nSPS) is 26.5. The van der Waals surface area contributed by atoms with Crippen LogP contribution < -0.4 is 20.1 Å². The largest absolute Gasteiger partial charge is 0.491 e. The number of pyridine rings is 3. The third-order valence-electron chi connectivity index (χ3n) is 8.17. The number of nitrogens with zero attached hydrogens (tertiary/aromatic N) is 4. The average molecular weight is 519 g/mol. The molecule has 10 heteroatoms. The van der Waals surface area contributed by atoms with E-state index in [0.29, 0.717) is 48.7 Å². The molecule has 0 aliphatic carbocycles. The minimum atomic E-state index is 0.0218. The SMILES string of the molecule is COc1ccc2ncc3c(c2n1)C(CN1C2CCC1CC(NCc1ccc4c(n1)NC(=O)CS4)C2)CO3. The Bertz CT molecular complexity index is 1360. The van der Waals surface area contributed by atoms with E-state index >= 15 is 0 Å². The zero-order valence-corrected chi connectivity index (χ0v) is 21.6. The summed E-state index contributed by atoms with van der Waals surface area (Å²) in [6.45, 7) is 2.37. The molecule has 3 aromatic rings. The smallest absolute Gasteiger partial charge is 0.235 e. The van der Waals surface area contributed by atoms with Gasteiger partial charge in [0.15, 0.2) is 0 Å². The lowest BCUT2D eigenvalue weighted by molar-refractivity contribution is -0.113. The van der Waals surface area contributed by atoms with Crippen LogP contribution in [0.5, 0.6) is 11.6 Å². The molecule has 9 nitrogen and oxygen atoms in total. The van der Waals surface area contributed by atoms with Gasteiger partial charge in [-0.15, -0.1) is 11.8 Å². The molecule has 4 aliphatic rings. The number of ether oxygens (including phenoxy) is 2. The average Bonchev–Trinajstić information content (AvgIpc) is 3.43. The quantitative estimate of drug-likeness (QED) is 0.509. The van der Waals surface area contributed by atoms with Gasteiger partial charge in [0.05, 0.1) is 41.8 Å². The minimum absolute atomic E-state index is 0.0218. The Balaban J connectivity index is 1.02. The number of amides is 1.